The van der Waals surface area contributed by atoms with Gasteiger partial charge < -0.3 is 10.3 Å². The third kappa shape index (κ3) is 3.69. The molecule has 1 atom stereocenters. The van der Waals surface area contributed by atoms with Crippen molar-refractivity contribution in [3.8, 4) is 0 Å². The van der Waals surface area contributed by atoms with Crippen molar-refractivity contribution in [1.29, 1.82) is 0 Å². The molecule has 0 fully saturated rings. The highest BCUT2D eigenvalue weighted by atomic mass is 19.4. The van der Waals surface area contributed by atoms with Crippen LogP contribution in [0, 0.1) is 10.1 Å². The Hall–Kier alpha value is -3.17. The van der Waals surface area contributed by atoms with E-state index in [4.69, 9.17) is 0 Å². The van der Waals surface area contributed by atoms with E-state index in [9.17, 15) is 32.9 Å². The molecule has 1 amide bonds. The van der Waals surface area contributed by atoms with Crippen molar-refractivity contribution < 1.29 is 22.9 Å². The molecule has 1 unspecified atom stereocenters. The molecule has 2 N–H and O–H groups in total. The number of carbonyl (C=O) groups excluding carboxylic acids is 1. The number of H-pyrrole nitrogens is 1. The number of nitrogens with one attached hydrogen (secondary N) is 2. The zero-order valence-electron chi connectivity index (χ0n) is 13.8. The summed E-state index contributed by atoms with van der Waals surface area (Å²) in [6, 6.07) is 5.41. The summed E-state index contributed by atoms with van der Waals surface area (Å²) < 4.78 is 37.8. The van der Waals surface area contributed by atoms with Crippen molar-refractivity contribution in [3.05, 3.63) is 73.2 Å². The maximum absolute atomic E-state index is 12.6. The van der Waals surface area contributed by atoms with Crippen molar-refractivity contribution in [2.24, 2.45) is 0 Å². The predicted molar refractivity (Wildman–Crippen MR) is 88.3 cm³/mol. The van der Waals surface area contributed by atoms with Crippen molar-refractivity contribution >= 4 is 11.6 Å². The Kier molecular flexibility index (Phi) is 4.73. The lowest BCUT2D eigenvalue weighted by atomic mass is 9.86. The number of aromatic amines is 1. The third-order valence-electron chi connectivity index (χ3n) is 4.44. The van der Waals surface area contributed by atoms with E-state index >= 15 is 0 Å². The molecular weight excluding hydrogens is 367 g/mol. The Morgan fingerprint density at radius 2 is 2.00 bits per heavy atom. The van der Waals surface area contributed by atoms with Gasteiger partial charge in [-0.15, -0.1) is 0 Å². The molecule has 27 heavy (non-hydrogen) atoms. The first-order valence-electron chi connectivity index (χ1n) is 8.06. The standard InChI is InChI=1S/C17H14F3N3O4/c18-17(19,20)14-8-7-11(16(25)22-14)15(24)21-12-5-1-4-10-9(12)3-2-6-13(10)23(26)27/h2-3,6-8,12H,1,4-5H2,(H,21,24)(H,22,25). The van der Waals surface area contributed by atoms with Gasteiger partial charge in [0.05, 0.1) is 11.0 Å². The van der Waals surface area contributed by atoms with Gasteiger partial charge in [0.25, 0.3) is 17.2 Å². The van der Waals surface area contributed by atoms with Crippen LogP contribution in [0.3, 0.4) is 0 Å². The Morgan fingerprint density at radius 3 is 2.63 bits per heavy atom. The summed E-state index contributed by atoms with van der Waals surface area (Å²) in [6.45, 7) is 0. The van der Waals surface area contributed by atoms with Crippen LogP contribution in [0.15, 0.2) is 35.1 Å². The van der Waals surface area contributed by atoms with Gasteiger partial charge in [0.15, 0.2) is 0 Å². The van der Waals surface area contributed by atoms with Crippen molar-refractivity contribution in [1.82, 2.24) is 10.3 Å². The first-order valence-corrected chi connectivity index (χ1v) is 8.06. The summed E-state index contributed by atoms with van der Waals surface area (Å²) in [5.74, 6) is -0.839. The van der Waals surface area contributed by atoms with E-state index < -0.39 is 39.9 Å². The number of carbonyl (C=O) groups is 1. The fourth-order valence-electron chi connectivity index (χ4n) is 3.20. The molecule has 0 aliphatic heterocycles. The topological polar surface area (TPSA) is 105 Å². The number of nitro benzene ring substituents is 1. The minimum atomic E-state index is -4.73. The van der Waals surface area contributed by atoms with Crippen molar-refractivity contribution in [2.75, 3.05) is 0 Å². The van der Waals surface area contributed by atoms with Crippen molar-refractivity contribution in [2.45, 2.75) is 31.5 Å². The van der Waals surface area contributed by atoms with E-state index in [2.05, 4.69) is 5.32 Å². The molecule has 0 radical (unpaired) electrons. The number of nitrogens with zero attached hydrogens (tertiary/aromatic N) is 1. The molecule has 1 aliphatic rings. The smallest absolute Gasteiger partial charge is 0.345 e. The predicted octanol–water partition coefficient (Wildman–Crippen LogP) is 3.11. The van der Waals surface area contributed by atoms with Crippen LogP contribution in [0.4, 0.5) is 18.9 Å². The van der Waals surface area contributed by atoms with E-state index in [1.54, 1.807) is 11.1 Å². The SMILES string of the molecule is O=C(NC1CCCc2c1cccc2[N+](=O)[O-])c1ccc(C(F)(F)F)[nH]c1=O. The van der Waals surface area contributed by atoms with Crippen LogP contribution >= 0.6 is 0 Å². The van der Waals surface area contributed by atoms with E-state index in [0.29, 0.717) is 36.5 Å². The lowest BCUT2D eigenvalue weighted by Crippen LogP contribution is -2.35. The van der Waals surface area contributed by atoms with E-state index in [1.165, 1.54) is 12.1 Å². The zero-order chi connectivity index (χ0) is 19.8. The van der Waals surface area contributed by atoms with Gasteiger partial charge in [0.2, 0.25) is 0 Å². The van der Waals surface area contributed by atoms with Gasteiger partial charge in [-0.25, -0.2) is 0 Å². The third-order valence-corrected chi connectivity index (χ3v) is 4.44. The minimum Gasteiger partial charge on any atom is -0.345 e. The van der Waals surface area contributed by atoms with Gasteiger partial charge in [0, 0.05) is 11.6 Å². The molecule has 2 aromatic rings. The quantitative estimate of drug-likeness (QED) is 0.629. The molecule has 0 saturated heterocycles. The first-order chi connectivity index (χ1) is 12.7. The number of fused-ring (bicyclic) bond motifs is 1. The zero-order valence-corrected chi connectivity index (χ0v) is 13.8. The normalized spacial score (nSPS) is 16.5. The van der Waals surface area contributed by atoms with Crippen molar-refractivity contribution in [3.63, 3.8) is 0 Å². The van der Waals surface area contributed by atoms with Gasteiger partial charge in [-0.3, -0.25) is 19.7 Å². The van der Waals surface area contributed by atoms with E-state index in [1.807, 2.05) is 0 Å². The summed E-state index contributed by atoms with van der Waals surface area (Å²) >= 11 is 0. The molecule has 0 bridgehead atoms. The Labute approximate surface area is 150 Å². The molecule has 10 heteroatoms. The fourth-order valence-corrected chi connectivity index (χ4v) is 3.20. The number of hydrogen-bond donors (Lipinski definition) is 2. The number of benzene rings is 1. The van der Waals surface area contributed by atoms with Crippen LogP contribution in [0.25, 0.3) is 0 Å². The summed E-state index contributed by atoms with van der Waals surface area (Å²) in [4.78, 5) is 36.5. The number of hydrogen-bond acceptors (Lipinski definition) is 4. The lowest BCUT2D eigenvalue weighted by molar-refractivity contribution is -0.385. The summed E-state index contributed by atoms with van der Waals surface area (Å²) in [6.07, 6.45) is -3.15. The van der Waals surface area contributed by atoms with Gasteiger partial charge in [-0.2, -0.15) is 13.2 Å². The molecular formula is C17H14F3N3O4. The largest absolute Gasteiger partial charge is 0.431 e. The average Bonchev–Trinajstić information content (AvgIpc) is 2.60. The first kappa shape index (κ1) is 18.6. The Balaban J connectivity index is 1.88. The fraction of sp³-hybridized carbons (Fsp3) is 0.294. The van der Waals surface area contributed by atoms with Gasteiger partial charge in [-0.1, -0.05) is 12.1 Å². The average molecular weight is 381 g/mol. The molecule has 1 aromatic carbocycles. The minimum absolute atomic E-state index is 0.0428. The number of nitro groups is 1. The highest BCUT2D eigenvalue weighted by Crippen LogP contribution is 2.35. The number of amides is 1. The number of alkyl halides is 3. The van der Waals surface area contributed by atoms with Crippen LogP contribution in [-0.2, 0) is 12.6 Å². The summed E-state index contributed by atoms with van der Waals surface area (Å²) in [5.41, 5.74) is -1.81. The molecule has 1 aliphatic carbocycles. The monoisotopic (exact) mass is 381 g/mol. The Morgan fingerprint density at radius 1 is 1.26 bits per heavy atom. The second-order valence-electron chi connectivity index (χ2n) is 6.13. The maximum Gasteiger partial charge on any atom is 0.431 e. The molecule has 0 saturated carbocycles. The van der Waals surface area contributed by atoms with Crippen LogP contribution in [-0.4, -0.2) is 15.8 Å². The van der Waals surface area contributed by atoms with Crippen LogP contribution < -0.4 is 10.9 Å². The number of halogens is 3. The molecule has 3 rings (SSSR count). The number of pyridine rings is 1. The van der Waals surface area contributed by atoms with E-state index in [-0.39, 0.29) is 5.69 Å². The second-order valence-corrected chi connectivity index (χ2v) is 6.13. The number of rotatable bonds is 3. The van der Waals surface area contributed by atoms with Gasteiger partial charge >= 0.3 is 6.18 Å². The van der Waals surface area contributed by atoms with Crippen LogP contribution in [0.1, 0.15) is 46.1 Å². The summed E-state index contributed by atoms with van der Waals surface area (Å²) in [5, 5.41) is 13.8. The van der Waals surface area contributed by atoms with E-state index in [0.717, 1.165) is 6.07 Å². The summed E-state index contributed by atoms with van der Waals surface area (Å²) in [7, 11) is 0. The highest BCUT2D eigenvalue weighted by molar-refractivity contribution is 5.94. The highest BCUT2D eigenvalue weighted by Gasteiger charge is 2.33. The van der Waals surface area contributed by atoms with Gasteiger partial charge in [0.1, 0.15) is 11.3 Å². The maximum atomic E-state index is 12.6. The number of aromatic nitrogens is 1. The lowest BCUT2D eigenvalue weighted by Gasteiger charge is -2.26. The molecule has 142 valence electrons. The molecule has 1 aromatic heterocycles. The molecule has 7 nitrogen and oxygen atoms in total. The second kappa shape index (κ2) is 6.86. The molecule has 0 spiro atoms. The molecule has 1 heterocycles. The Bertz CT molecular complexity index is 969. The van der Waals surface area contributed by atoms with Crippen LogP contribution in [0.2, 0.25) is 0 Å². The van der Waals surface area contributed by atoms with Crippen LogP contribution in [0.5, 0.6) is 0 Å². The van der Waals surface area contributed by atoms with Gasteiger partial charge in [-0.05, 0) is 37.0 Å².